The molecule has 0 bridgehead atoms. The van der Waals surface area contributed by atoms with Gasteiger partial charge in [0.2, 0.25) is 5.91 Å². The van der Waals surface area contributed by atoms with Crippen molar-refractivity contribution in [2.75, 3.05) is 11.1 Å². The van der Waals surface area contributed by atoms with E-state index in [1.165, 1.54) is 0 Å². The Hall–Kier alpha value is -2.87. The van der Waals surface area contributed by atoms with Crippen LogP contribution in [0.15, 0.2) is 42.7 Å². The molecule has 0 radical (unpaired) electrons. The minimum absolute atomic E-state index is 0.0534. The van der Waals surface area contributed by atoms with Gasteiger partial charge in [0.1, 0.15) is 11.6 Å². The lowest BCUT2D eigenvalue weighted by Crippen LogP contribution is -2.16. The van der Waals surface area contributed by atoms with Gasteiger partial charge in [-0.05, 0) is 32.9 Å². The summed E-state index contributed by atoms with van der Waals surface area (Å²) in [6.45, 7) is 5.95. The van der Waals surface area contributed by atoms with Gasteiger partial charge in [-0.25, -0.2) is 9.97 Å². The SMILES string of the molecule is Cc1nn(-c2ncccn2)c2c1[C@@H](c1ccccc1OC(C)C)SCC(=O)N2. The number of hydrogen-bond acceptors (Lipinski definition) is 6. The fourth-order valence-corrected chi connectivity index (χ4v) is 4.45. The Bertz CT molecular complexity index is 1000. The Balaban J connectivity index is 1.88. The van der Waals surface area contributed by atoms with Gasteiger partial charge in [-0.2, -0.15) is 9.78 Å². The third-order valence-corrected chi connectivity index (χ3v) is 5.57. The van der Waals surface area contributed by atoms with Gasteiger partial charge in [0.05, 0.1) is 22.8 Å². The molecule has 0 unspecified atom stereocenters. The Morgan fingerprint density at radius 3 is 2.71 bits per heavy atom. The molecule has 0 spiro atoms. The summed E-state index contributed by atoms with van der Waals surface area (Å²) in [5, 5.41) is 7.52. The topological polar surface area (TPSA) is 81.9 Å². The number of aromatic nitrogens is 4. The monoisotopic (exact) mass is 395 g/mol. The van der Waals surface area contributed by atoms with E-state index in [2.05, 4.69) is 20.4 Å². The van der Waals surface area contributed by atoms with Crippen molar-refractivity contribution in [1.29, 1.82) is 0 Å². The second-order valence-corrected chi connectivity index (χ2v) is 7.85. The second kappa shape index (κ2) is 7.63. The highest BCUT2D eigenvalue weighted by atomic mass is 32.2. The third kappa shape index (κ3) is 3.47. The maximum atomic E-state index is 12.4. The predicted molar refractivity (Wildman–Crippen MR) is 109 cm³/mol. The van der Waals surface area contributed by atoms with Gasteiger partial charge in [-0.3, -0.25) is 4.79 Å². The molecule has 1 atom stereocenters. The number of nitrogens with zero attached hydrogens (tertiary/aromatic N) is 4. The number of nitrogens with one attached hydrogen (secondary N) is 1. The van der Waals surface area contributed by atoms with Crippen molar-refractivity contribution >= 4 is 23.5 Å². The number of thioether (sulfide) groups is 1. The van der Waals surface area contributed by atoms with Gasteiger partial charge in [0.15, 0.2) is 0 Å². The Labute approximate surface area is 167 Å². The minimum atomic E-state index is -0.0960. The van der Waals surface area contributed by atoms with Crippen molar-refractivity contribution in [1.82, 2.24) is 19.7 Å². The smallest absolute Gasteiger partial charge is 0.252 e. The van der Waals surface area contributed by atoms with Crippen molar-refractivity contribution in [3.8, 4) is 11.7 Å². The number of rotatable bonds is 4. The lowest BCUT2D eigenvalue weighted by Gasteiger charge is -2.20. The van der Waals surface area contributed by atoms with Crippen LogP contribution in [0.25, 0.3) is 5.95 Å². The van der Waals surface area contributed by atoms with Gasteiger partial charge in [-0.1, -0.05) is 18.2 Å². The molecule has 0 saturated carbocycles. The molecule has 1 aromatic carbocycles. The molecule has 1 aliphatic heterocycles. The molecule has 2 aromatic heterocycles. The number of para-hydroxylation sites is 1. The van der Waals surface area contributed by atoms with Crippen LogP contribution in [0.1, 0.15) is 35.9 Å². The highest BCUT2D eigenvalue weighted by molar-refractivity contribution is 8.00. The Morgan fingerprint density at radius 2 is 1.96 bits per heavy atom. The van der Waals surface area contributed by atoms with Crippen LogP contribution in [0.3, 0.4) is 0 Å². The number of amides is 1. The van der Waals surface area contributed by atoms with Crippen LogP contribution in [0, 0.1) is 6.92 Å². The maximum Gasteiger partial charge on any atom is 0.252 e. The van der Waals surface area contributed by atoms with Crippen LogP contribution in [0.2, 0.25) is 0 Å². The number of ether oxygens (including phenoxy) is 1. The zero-order chi connectivity index (χ0) is 19.7. The molecule has 4 rings (SSSR count). The van der Waals surface area contributed by atoms with Crippen molar-refractivity contribution in [3.05, 3.63) is 59.5 Å². The number of anilines is 1. The highest BCUT2D eigenvalue weighted by Gasteiger charge is 2.32. The fourth-order valence-electron chi connectivity index (χ4n) is 3.23. The molecular formula is C20H21N5O2S. The highest BCUT2D eigenvalue weighted by Crippen LogP contribution is 2.46. The predicted octanol–water partition coefficient (Wildman–Crippen LogP) is 3.53. The lowest BCUT2D eigenvalue weighted by atomic mass is 10.0. The summed E-state index contributed by atoms with van der Waals surface area (Å²) in [5.41, 5.74) is 2.79. The van der Waals surface area contributed by atoms with E-state index in [-0.39, 0.29) is 17.3 Å². The zero-order valence-corrected chi connectivity index (χ0v) is 16.7. The van der Waals surface area contributed by atoms with E-state index in [9.17, 15) is 4.79 Å². The van der Waals surface area contributed by atoms with Crippen LogP contribution >= 0.6 is 11.8 Å². The normalized spacial score (nSPS) is 16.4. The molecule has 0 aliphatic carbocycles. The largest absolute Gasteiger partial charge is 0.491 e. The van der Waals surface area contributed by atoms with Crippen molar-refractivity contribution in [2.24, 2.45) is 0 Å². The van der Waals surface area contributed by atoms with Crippen LogP contribution in [0.5, 0.6) is 5.75 Å². The molecule has 8 heteroatoms. The second-order valence-electron chi connectivity index (χ2n) is 6.75. The summed E-state index contributed by atoms with van der Waals surface area (Å²) in [4.78, 5) is 21.0. The van der Waals surface area contributed by atoms with Crippen LogP contribution < -0.4 is 10.1 Å². The van der Waals surface area contributed by atoms with E-state index >= 15 is 0 Å². The first kappa shape index (κ1) is 18.5. The lowest BCUT2D eigenvalue weighted by molar-refractivity contribution is -0.113. The van der Waals surface area contributed by atoms with Gasteiger partial charge < -0.3 is 10.1 Å². The molecule has 3 aromatic rings. The number of aryl methyl sites for hydroxylation is 1. The van der Waals surface area contributed by atoms with Gasteiger partial charge in [0, 0.05) is 23.5 Å². The van der Waals surface area contributed by atoms with E-state index in [1.54, 1.807) is 34.9 Å². The van der Waals surface area contributed by atoms with Crippen molar-refractivity contribution < 1.29 is 9.53 Å². The number of hydrogen-bond donors (Lipinski definition) is 1. The molecule has 1 N–H and O–H groups in total. The summed E-state index contributed by atoms with van der Waals surface area (Å²) in [6.07, 6.45) is 3.36. The number of fused-ring (bicyclic) bond motifs is 1. The number of benzene rings is 1. The average molecular weight is 395 g/mol. The van der Waals surface area contributed by atoms with E-state index in [1.807, 2.05) is 45.0 Å². The van der Waals surface area contributed by atoms with E-state index in [0.717, 1.165) is 22.6 Å². The van der Waals surface area contributed by atoms with E-state index < -0.39 is 0 Å². The molecular weight excluding hydrogens is 374 g/mol. The first-order valence-corrected chi connectivity index (χ1v) is 10.1. The first-order valence-electron chi connectivity index (χ1n) is 9.08. The van der Waals surface area contributed by atoms with Crippen LogP contribution in [0.4, 0.5) is 5.82 Å². The Kier molecular flexibility index (Phi) is 5.04. The average Bonchev–Trinajstić information content (AvgIpc) is 2.89. The number of carbonyl (C=O) groups is 1. The van der Waals surface area contributed by atoms with Gasteiger partial charge >= 0.3 is 0 Å². The molecule has 0 fully saturated rings. The van der Waals surface area contributed by atoms with Crippen molar-refractivity contribution in [3.63, 3.8) is 0 Å². The first-order chi connectivity index (χ1) is 13.5. The molecule has 1 amide bonds. The molecule has 0 saturated heterocycles. The van der Waals surface area contributed by atoms with Crippen molar-refractivity contribution in [2.45, 2.75) is 32.1 Å². The van der Waals surface area contributed by atoms with E-state index in [0.29, 0.717) is 17.5 Å². The van der Waals surface area contributed by atoms with Crippen LogP contribution in [-0.4, -0.2) is 37.5 Å². The standard InChI is InChI=1S/C20H21N5O2S/c1-12(2)27-15-8-5-4-7-14(15)18-17-13(3)24-25(20-21-9-6-10-22-20)19(17)23-16(26)11-28-18/h4-10,12,18H,11H2,1-3H3,(H,23,26)/t18-/m1/s1. The molecule has 7 nitrogen and oxygen atoms in total. The fraction of sp³-hybridized carbons (Fsp3) is 0.300. The molecule has 28 heavy (non-hydrogen) atoms. The Morgan fingerprint density at radius 1 is 1.21 bits per heavy atom. The summed E-state index contributed by atoms with van der Waals surface area (Å²) < 4.78 is 7.65. The van der Waals surface area contributed by atoms with Crippen LogP contribution in [-0.2, 0) is 4.79 Å². The zero-order valence-electron chi connectivity index (χ0n) is 15.9. The molecule has 1 aliphatic rings. The van der Waals surface area contributed by atoms with Gasteiger partial charge in [-0.15, -0.1) is 11.8 Å². The maximum absolute atomic E-state index is 12.4. The molecule has 3 heterocycles. The quantitative estimate of drug-likeness (QED) is 0.728. The summed E-state index contributed by atoms with van der Waals surface area (Å²) in [5.74, 6) is 2.11. The summed E-state index contributed by atoms with van der Waals surface area (Å²) in [7, 11) is 0. The van der Waals surface area contributed by atoms with Gasteiger partial charge in [0.25, 0.3) is 5.95 Å². The minimum Gasteiger partial charge on any atom is -0.491 e. The molecule has 144 valence electrons. The summed E-state index contributed by atoms with van der Waals surface area (Å²) >= 11 is 1.57. The third-order valence-electron chi connectivity index (χ3n) is 4.31. The van der Waals surface area contributed by atoms with E-state index in [4.69, 9.17) is 4.74 Å². The summed E-state index contributed by atoms with van der Waals surface area (Å²) in [6, 6.07) is 9.71. The number of carbonyl (C=O) groups excluding carboxylic acids is 1.